The molecule has 2 aliphatic rings. The Balaban J connectivity index is 2.25. The van der Waals surface area contributed by atoms with E-state index in [0.717, 1.165) is 32.1 Å². The Bertz CT molecular complexity index is 281. The molecule has 0 radical (unpaired) electrons. The molecule has 0 aromatic heterocycles. The summed E-state index contributed by atoms with van der Waals surface area (Å²) >= 11 is 0. The molecule has 0 aromatic carbocycles. The average molecular weight is 202 g/mol. The summed E-state index contributed by atoms with van der Waals surface area (Å²) < 4.78 is 23.9. The van der Waals surface area contributed by atoms with Crippen molar-refractivity contribution in [1.82, 2.24) is 0 Å². The van der Waals surface area contributed by atoms with E-state index in [-0.39, 0.29) is 10.5 Å². The second kappa shape index (κ2) is 3.26. The van der Waals surface area contributed by atoms with Gasteiger partial charge in [0.05, 0.1) is 10.5 Å². The van der Waals surface area contributed by atoms with E-state index < -0.39 is 9.84 Å². The van der Waals surface area contributed by atoms with Gasteiger partial charge in [-0.1, -0.05) is 12.8 Å². The van der Waals surface area contributed by atoms with Crippen LogP contribution in [0.25, 0.3) is 0 Å². The first-order valence-electron chi connectivity index (χ1n) is 5.35. The van der Waals surface area contributed by atoms with Crippen LogP contribution in [0, 0.1) is 5.92 Å². The van der Waals surface area contributed by atoms with E-state index >= 15 is 0 Å². The third-order valence-electron chi connectivity index (χ3n) is 3.77. The van der Waals surface area contributed by atoms with Gasteiger partial charge in [-0.3, -0.25) is 0 Å². The molecule has 3 heteroatoms. The summed E-state index contributed by atoms with van der Waals surface area (Å²) in [6.07, 6.45) is 6.47. The minimum Gasteiger partial charge on any atom is -0.228 e. The highest BCUT2D eigenvalue weighted by atomic mass is 32.2. The molecule has 1 heterocycles. The van der Waals surface area contributed by atoms with E-state index in [1.807, 2.05) is 6.92 Å². The summed E-state index contributed by atoms with van der Waals surface area (Å²) in [5.74, 6) is 0.495. The van der Waals surface area contributed by atoms with E-state index in [1.165, 1.54) is 6.42 Å². The van der Waals surface area contributed by atoms with Crippen molar-refractivity contribution in [3.05, 3.63) is 0 Å². The average Bonchev–Trinajstić information content (AvgIpc) is 2.13. The molecule has 3 unspecified atom stereocenters. The van der Waals surface area contributed by atoms with Gasteiger partial charge < -0.3 is 0 Å². The Morgan fingerprint density at radius 2 is 1.69 bits per heavy atom. The highest BCUT2D eigenvalue weighted by molar-refractivity contribution is 7.92. The lowest BCUT2D eigenvalue weighted by atomic mass is 9.85. The van der Waals surface area contributed by atoms with Gasteiger partial charge in [-0.05, 0) is 38.5 Å². The first-order valence-corrected chi connectivity index (χ1v) is 6.96. The van der Waals surface area contributed by atoms with Crippen molar-refractivity contribution in [2.24, 2.45) is 5.92 Å². The zero-order chi connectivity index (χ0) is 9.47. The third-order valence-corrected chi connectivity index (χ3v) is 6.59. The van der Waals surface area contributed by atoms with Crippen molar-refractivity contribution in [2.75, 3.05) is 0 Å². The van der Waals surface area contributed by atoms with Gasteiger partial charge in [0.25, 0.3) is 0 Å². The molecule has 13 heavy (non-hydrogen) atoms. The van der Waals surface area contributed by atoms with Crippen LogP contribution in [0.4, 0.5) is 0 Å². The Labute approximate surface area is 80.6 Å². The van der Waals surface area contributed by atoms with E-state index in [9.17, 15) is 8.42 Å². The molecule has 2 rings (SSSR count). The molecule has 76 valence electrons. The lowest BCUT2D eigenvalue weighted by Crippen LogP contribution is -2.42. The first-order chi connectivity index (χ1) is 6.12. The van der Waals surface area contributed by atoms with Crippen molar-refractivity contribution in [1.29, 1.82) is 0 Å². The zero-order valence-corrected chi connectivity index (χ0v) is 9.02. The van der Waals surface area contributed by atoms with Crippen LogP contribution in [-0.4, -0.2) is 18.9 Å². The Morgan fingerprint density at radius 1 is 1.00 bits per heavy atom. The molecule has 0 aromatic rings. The molecule has 1 saturated carbocycles. The van der Waals surface area contributed by atoms with Crippen LogP contribution in [0.2, 0.25) is 0 Å². The van der Waals surface area contributed by atoms with Crippen LogP contribution in [-0.2, 0) is 9.84 Å². The number of hydrogen-bond donors (Lipinski definition) is 0. The highest BCUT2D eigenvalue weighted by Gasteiger charge is 2.42. The van der Waals surface area contributed by atoms with Gasteiger partial charge in [0, 0.05) is 0 Å². The van der Waals surface area contributed by atoms with Crippen LogP contribution in [0.3, 0.4) is 0 Å². The van der Waals surface area contributed by atoms with E-state index in [4.69, 9.17) is 0 Å². The standard InChI is InChI=1S/C10H18O2S/c1-8-6-7-9-4-2-3-5-10(9)13(8,11)12/h8-10H,2-7H2,1H3. The third kappa shape index (κ3) is 1.51. The van der Waals surface area contributed by atoms with Crippen LogP contribution in [0.15, 0.2) is 0 Å². The summed E-state index contributed by atoms with van der Waals surface area (Å²) in [7, 11) is -2.76. The quantitative estimate of drug-likeness (QED) is 0.603. The van der Waals surface area contributed by atoms with Gasteiger partial charge in [0.15, 0.2) is 9.84 Å². The molecule has 0 N–H and O–H groups in total. The molecule has 0 amide bonds. The molecule has 1 saturated heterocycles. The second-order valence-electron chi connectivity index (χ2n) is 4.56. The van der Waals surface area contributed by atoms with Crippen LogP contribution in [0.1, 0.15) is 45.4 Å². The zero-order valence-electron chi connectivity index (χ0n) is 8.20. The highest BCUT2D eigenvalue weighted by Crippen LogP contribution is 2.39. The summed E-state index contributed by atoms with van der Waals surface area (Å²) in [5.41, 5.74) is 0. The molecule has 1 aliphatic carbocycles. The van der Waals surface area contributed by atoms with Crippen molar-refractivity contribution in [3.8, 4) is 0 Å². The van der Waals surface area contributed by atoms with Crippen molar-refractivity contribution in [2.45, 2.75) is 55.9 Å². The summed E-state index contributed by atoms with van der Waals surface area (Å²) in [4.78, 5) is 0. The van der Waals surface area contributed by atoms with Crippen molar-refractivity contribution >= 4 is 9.84 Å². The van der Waals surface area contributed by atoms with Crippen molar-refractivity contribution in [3.63, 3.8) is 0 Å². The molecule has 1 aliphatic heterocycles. The smallest absolute Gasteiger partial charge is 0.156 e. The van der Waals surface area contributed by atoms with Gasteiger partial charge in [-0.15, -0.1) is 0 Å². The van der Waals surface area contributed by atoms with Gasteiger partial charge >= 0.3 is 0 Å². The lowest BCUT2D eigenvalue weighted by molar-refractivity contribution is 0.312. The molecule has 2 fully saturated rings. The second-order valence-corrected chi connectivity index (χ2v) is 7.15. The molecular weight excluding hydrogens is 184 g/mol. The Morgan fingerprint density at radius 3 is 2.46 bits per heavy atom. The maximum atomic E-state index is 11.9. The predicted octanol–water partition coefficient (Wildman–Crippen LogP) is 2.14. The summed E-state index contributed by atoms with van der Waals surface area (Å²) in [6, 6.07) is 0. The molecular formula is C10H18O2S. The maximum absolute atomic E-state index is 11.9. The van der Waals surface area contributed by atoms with Gasteiger partial charge in [-0.2, -0.15) is 0 Å². The molecule has 3 atom stereocenters. The summed E-state index contributed by atoms with van der Waals surface area (Å²) in [5, 5.41) is -0.0585. The minimum atomic E-state index is -2.76. The lowest BCUT2D eigenvalue weighted by Gasteiger charge is -2.37. The number of hydrogen-bond acceptors (Lipinski definition) is 2. The largest absolute Gasteiger partial charge is 0.228 e. The SMILES string of the molecule is CC1CCC2CCCCC2S1(=O)=O. The van der Waals surface area contributed by atoms with Gasteiger partial charge in [0.1, 0.15) is 0 Å². The first kappa shape index (κ1) is 9.50. The fraction of sp³-hybridized carbons (Fsp3) is 1.00. The Kier molecular flexibility index (Phi) is 2.39. The minimum absolute atomic E-state index is 0.0185. The summed E-state index contributed by atoms with van der Waals surface area (Å²) in [6.45, 7) is 1.88. The number of sulfone groups is 1. The van der Waals surface area contributed by atoms with E-state index in [2.05, 4.69) is 0 Å². The van der Waals surface area contributed by atoms with E-state index in [0.29, 0.717) is 5.92 Å². The Hall–Kier alpha value is -0.0500. The van der Waals surface area contributed by atoms with Crippen LogP contribution >= 0.6 is 0 Å². The fourth-order valence-corrected chi connectivity index (χ4v) is 5.21. The fourth-order valence-electron chi connectivity index (χ4n) is 2.85. The van der Waals surface area contributed by atoms with Gasteiger partial charge in [-0.25, -0.2) is 8.42 Å². The van der Waals surface area contributed by atoms with Crippen LogP contribution in [0.5, 0.6) is 0 Å². The topological polar surface area (TPSA) is 34.1 Å². The normalized spacial score (nSPS) is 43.9. The van der Waals surface area contributed by atoms with Crippen molar-refractivity contribution < 1.29 is 8.42 Å². The molecule has 0 spiro atoms. The predicted molar refractivity (Wildman–Crippen MR) is 53.4 cm³/mol. The molecule has 2 nitrogen and oxygen atoms in total. The van der Waals surface area contributed by atoms with Gasteiger partial charge in [0.2, 0.25) is 0 Å². The molecule has 0 bridgehead atoms. The van der Waals surface area contributed by atoms with E-state index in [1.54, 1.807) is 0 Å². The number of rotatable bonds is 0. The maximum Gasteiger partial charge on any atom is 0.156 e. The number of fused-ring (bicyclic) bond motifs is 1. The monoisotopic (exact) mass is 202 g/mol. The van der Waals surface area contributed by atoms with Crippen LogP contribution < -0.4 is 0 Å².